The molecule has 0 aromatic carbocycles. The maximum Gasteiger partial charge on any atom is 0.237 e. The van der Waals surface area contributed by atoms with Gasteiger partial charge < -0.3 is 10.0 Å². The molecule has 1 heterocycles. The molecule has 21 heavy (non-hydrogen) atoms. The predicted molar refractivity (Wildman–Crippen MR) is 82.9 cm³/mol. The van der Waals surface area contributed by atoms with Gasteiger partial charge in [-0.25, -0.2) is 0 Å². The van der Waals surface area contributed by atoms with E-state index in [1.54, 1.807) is 0 Å². The second-order valence-electron chi connectivity index (χ2n) is 7.52. The first-order valence-electron chi connectivity index (χ1n) is 8.81. The zero-order valence-electron chi connectivity index (χ0n) is 13.3. The van der Waals surface area contributed by atoms with Crippen molar-refractivity contribution in [1.29, 1.82) is 0 Å². The highest BCUT2D eigenvalue weighted by atomic mass is 16.3. The quantitative estimate of drug-likeness (QED) is 0.842. The first kappa shape index (κ1) is 15.3. The highest BCUT2D eigenvalue weighted by Crippen LogP contribution is 2.35. The molecule has 3 rings (SSSR count). The number of hydrogen-bond acceptors (Lipinski definition) is 3. The van der Waals surface area contributed by atoms with Crippen LogP contribution in [0.4, 0.5) is 0 Å². The van der Waals surface area contributed by atoms with Crippen molar-refractivity contribution in [2.75, 3.05) is 26.2 Å². The van der Waals surface area contributed by atoms with Crippen molar-refractivity contribution >= 4 is 5.91 Å². The van der Waals surface area contributed by atoms with Crippen molar-refractivity contribution < 1.29 is 9.90 Å². The van der Waals surface area contributed by atoms with Crippen LogP contribution in [-0.4, -0.2) is 59.1 Å². The molecule has 120 valence electrons. The van der Waals surface area contributed by atoms with Crippen LogP contribution in [0.5, 0.6) is 0 Å². The Morgan fingerprint density at radius 2 is 1.71 bits per heavy atom. The number of aliphatic hydroxyl groups is 1. The lowest BCUT2D eigenvalue weighted by Crippen LogP contribution is -2.47. The second-order valence-corrected chi connectivity index (χ2v) is 7.52. The van der Waals surface area contributed by atoms with Crippen LogP contribution in [-0.2, 0) is 4.79 Å². The minimum Gasteiger partial charge on any atom is -0.396 e. The Kier molecular flexibility index (Phi) is 4.85. The minimum absolute atomic E-state index is 0.261. The fourth-order valence-electron chi connectivity index (χ4n) is 4.06. The summed E-state index contributed by atoms with van der Waals surface area (Å²) in [5.41, 5.74) is 0. The third kappa shape index (κ3) is 3.78. The van der Waals surface area contributed by atoms with Crippen molar-refractivity contribution in [3.8, 4) is 0 Å². The standard InChI is InChI=1S/C17H30N2O2/c1-13-2-4-15(5-3-13)19(16-6-7-16)17(21)11-18-9-8-14(10-18)12-20/h13-16,20H,2-12H2,1H3. The Bertz CT molecular complexity index is 362. The van der Waals surface area contributed by atoms with E-state index in [1.165, 1.54) is 38.5 Å². The average Bonchev–Trinajstić information content (AvgIpc) is 3.20. The number of hydrogen-bond donors (Lipinski definition) is 1. The normalized spacial score (nSPS) is 34.1. The van der Waals surface area contributed by atoms with Gasteiger partial charge in [0.2, 0.25) is 5.91 Å². The van der Waals surface area contributed by atoms with Crippen molar-refractivity contribution in [2.45, 2.75) is 64.0 Å². The average molecular weight is 294 g/mol. The number of carbonyl (C=O) groups is 1. The van der Waals surface area contributed by atoms with Gasteiger partial charge in [0.25, 0.3) is 0 Å². The molecule has 1 unspecified atom stereocenters. The van der Waals surface area contributed by atoms with Gasteiger partial charge in [0.15, 0.2) is 0 Å². The lowest BCUT2D eigenvalue weighted by Gasteiger charge is -2.37. The number of carbonyl (C=O) groups excluding carboxylic acids is 1. The molecule has 0 bridgehead atoms. The Balaban J connectivity index is 1.55. The van der Waals surface area contributed by atoms with Crippen LogP contribution in [0.1, 0.15) is 51.9 Å². The van der Waals surface area contributed by atoms with Gasteiger partial charge in [-0.2, -0.15) is 0 Å². The Hall–Kier alpha value is -0.610. The van der Waals surface area contributed by atoms with E-state index in [4.69, 9.17) is 0 Å². The molecule has 3 fully saturated rings. The van der Waals surface area contributed by atoms with E-state index in [1.807, 2.05) is 0 Å². The summed E-state index contributed by atoms with van der Waals surface area (Å²) in [6.45, 7) is 5.02. The second kappa shape index (κ2) is 6.66. The fourth-order valence-corrected chi connectivity index (χ4v) is 4.06. The molecule has 1 amide bonds. The summed E-state index contributed by atoms with van der Waals surface area (Å²) in [4.78, 5) is 17.3. The molecule has 4 nitrogen and oxygen atoms in total. The van der Waals surface area contributed by atoms with Gasteiger partial charge in [0.1, 0.15) is 0 Å². The first-order valence-corrected chi connectivity index (χ1v) is 8.81. The van der Waals surface area contributed by atoms with Crippen LogP contribution in [0.3, 0.4) is 0 Å². The van der Waals surface area contributed by atoms with E-state index in [0.29, 0.717) is 30.5 Å². The predicted octanol–water partition coefficient (Wildman–Crippen LogP) is 1.87. The van der Waals surface area contributed by atoms with Crippen molar-refractivity contribution in [3.63, 3.8) is 0 Å². The van der Waals surface area contributed by atoms with E-state index >= 15 is 0 Å². The molecule has 1 N–H and O–H groups in total. The van der Waals surface area contributed by atoms with Crippen molar-refractivity contribution in [2.24, 2.45) is 11.8 Å². The van der Waals surface area contributed by atoms with Crippen LogP contribution < -0.4 is 0 Å². The number of aliphatic hydroxyl groups excluding tert-OH is 1. The van der Waals surface area contributed by atoms with Crippen LogP contribution >= 0.6 is 0 Å². The molecule has 0 aromatic heterocycles. The van der Waals surface area contributed by atoms with E-state index in [2.05, 4.69) is 16.7 Å². The molecule has 0 spiro atoms. The fraction of sp³-hybridized carbons (Fsp3) is 0.941. The van der Waals surface area contributed by atoms with E-state index in [0.717, 1.165) is 25.4 Å². The van der Waals surface area contributed by atoms with Crippen LogP contribution in [0.2, 0.25) is 0 Å². The van der Waals surface area contributed by atoms with Crippen molar-refractivity contribution in [1.82, 2.24) is 9.80 Å². The Labute approximate surface area is 128 Å². The SMILES string of the molecule is CC1CCC(N(C(=O)CN2CCC(CO)C2)C2CC2)CC1. The number of amides is 1. The largest absolute Gasteiger partial charge is 0.396 e. The van der Waals surface area contributed by atoms with Gasteiger partial charge in [-0.05, 0) is 63.3 Å². The molecule has 2 aliphatic carbocycles. The molecule has 3 aliphatic rings. The molecule has 1 saturated heterocycles. The summed E-state index contributed by atoms with van der Waals surface area (Å²) >= 11 is 0. The maximum atomic E-state index is 12.8. The molecular formula is C17H30N2O2. The summed E-state index contributed by atoms with van der Waals surface area (Å²) < 4.78 is 0. The molecule has 2 saturated carbocycles. The third-order valence-corrected chi connectivity index (χ3v) is 5.59. The number of likely N-dealkylation sites (tertiary alicyclic amines) is 1. The van der Waals surface area contributed by atoms with Gasteiger partial charge in [-0.1, -0.05) is 6.92 Å². The van der Waals surface area contributed by atoms with Gasteiger partial charge >= 0.3 is 0 Å². The summed E-state index contributed by atoms with van der Waals surface area (Å²) in [6, 6.07) is 1.03. The molecule has 1 aliphatic heterocycles. The lowest BCUT2D eigenvalue weighted by atomic mass is 9.86. The van der Waals surface area contributed by atoms with Gasteiger partial charge in [0, 0.05) is 25.2 Å². The molecule has 0 radical (unpaired) electrons. The topological polar surface area (TPSA) is 43.8 Å². The highest BCUT2D eigenvalue weighted by Gasteiger charge is 2.39. The maximum absolute atomic E-state index is 12.8. The van der Waals surface area contributed by atoms with Crippen LogP contribution in [0.25, 0.3) is 0 Å². The van der Waals surface area contributed by atoms with E-state index < -0.39 is 0 Å². The minimum atomic E-state index is 0.261. The van der Waals surface area contributed by atoms with Crippen LogP contribution in [0, 0.1) is 11.8 Å². The van der Waals surface area contributed by atoms with E-state index in [9.17, 15) is 9.90 Å². The summed E-state index contributed by atoms with van der Waals surface area (Å²) in [5, 5.41) is 9.23. The number of nitrogens with zero attached hydrogens (tertiary/aromatic N) is 2. The Morgan fingerprint density at radius 3 is 2.24 bits per heavy atom. The molecule has 4 heteroatoms. The smallest absolute Gasteiger partial charge is 0.237 e. The monoisotopic (exact) mass is 294 g/mol. The van der Waals surface area contributed by atoms with Crippen molar-refractivity contribution in [3.05, 3.63) is 0 Å². The zero-order valence-corrected chi connectivity index (χ0v) is 13.3. The van der Waals surface area contributed by atoms with Gasteiger partial charge in [-0.3, -0.25) is 9.69 Å². The molecular weight excluding hydrogens is 264 g/mol. The third-order valence-electron chi connectivity index (χ3n) is 5.59. The van der Waals surface area contributed by atoms with E-state index in [-0.39, 0.29) is 6.61 Å². The highest BCUT2D eigenvalue weighted by molar-refractivity contribution is 5.79. The summed E-state index contributed by atoms with van der Waals surface area (Å²) in [5.74, 6) is 1.56. The van der Waals surface area contributed by atoms with Crippen LogP contribution in [0.15, 0.2) is 0 Å². The summed E-state index contributed by atoms with van der Waals surface area (Å²) in [6.07, 6.45) is 8.39. The first-order chi connectivity index (χ1) is 10.2. The van der Waals surface area contributed by atoms with Gasteiger partial charge in [0.05, 0.1) is 6.54 Å². The molecule has 1 atom stereocenters. The lowest BCUT2D eigenvalue weighted by molar-refractivity contribution is -0.136. The zero-order chi connectivity index (χ0) is 14.8. The van der Waals surface area contributed by atoms with Gasteiger partial charge in [-0.15, -0.1) is 0 Å². The summed E-state index contributed by atoms with van der Waals surface area (Å²) in [7, 11) is 0. The molecule has 0 aromatic rings. The Morgan fingerprint density at radius 1 is 1.10 bits per heavy atom. The number of rotatable bonds is 5.